The van der Waals surface area contributed by atoms with E-state index in [-0.39, 0.29) is 5.82 Å². The van der Waals surface area contributed by atoms with Crippen LogP contribution < -0.4 is 4.74 Å². The fourth-order valence-corrected chi connectivity index (χ4v) is 3.96. The van der Waals surface area contributed by atoms with Gasteiger partial charge in [-0.1, -0.05) is 71.7 Å². The number of hydrogen-bond acceptors (Lipinski definition) is 2. The van der Waals surface area contributed by atoms with Gasteiger partial charge in [0.25, 0.3) is 0 Å². The number of halogens is 3. The molecule has 0 spiro atoms. The van der Waals surface area contributed by atoms with Gasteiger partial charge in [0.05, 0.1) is 5.52 Å². The highest BCUT2D eigenvalue weighted by molar-refractivity contribution is 6.31. The quantitative estimate of drug-likeness (QED) is 0.267. The summed E-state index contributed by atoms with van der Waals surface area (Å²) in [6.07, 6.45) is 0. The van der Waals surface area contributed by atoms with Gasteiger partial charge in [0.2, 0.25) is 0 Å². The molecule has 0 fully saturated rings. The first-order valence-corrected chi connectivity index (χ1v) is 10.7. The van der Waals surface area contributed by atoms with Gasteiger partial charge >= 0.3 is 0 Å². The molecule has 0 N–H and O–H groups in total. The second-order valence-electron chi connectivity index (χ2n) is 7.23. The van der Waals surface area contributed by atoms with Gasteiger partial charge in [0.1, 0.15) is 17.3 Å². The summed E-state index contributed by atoms with van der Waals surface area (Å²) in [7, 11) is 0. The predicted molar refractivity (Wildman–Crippen MR) is 129 cm³/mol. The fourth-order valence-electron chi connectivity index (χ4n) is 3.66. The Balaban J connectivity index is 1.89. The standard InChI is InChI=1S/C27H16Cl2FNO/c28-18-10-13-20(14-11-18)32-27-25(21-8-4-5-9-23(21)30)22-16-19(29)12-15-24(22)31-26(27)17-6-2-1-3-7-17/h1-16H. The molecule has 1 heterocycles. The van der Waals surface area contributed by atoms with Crippen LogP contribution in [0.5, 0.6) is 11.5 Å². The molecule has 0 saturated carbocycles. The number of rotatable bonds is 4. The van der Waals surface area contributed by atoms with Crippen molar-refractivity contribution in [2.75, 3.05) is 0 Å². The van der Waals surface area contributed by atoms with Crippen molar-refractivity contribution in [1.82, 2.24) is 4.98 Å². The molecule has 5 rings (SSSR count). The highest BCUT2D eigenvalue weighted by Crippen LogP contribution is 2.45. The Morgan fingerprint density at radius 3 is 2.16 bits per heavy atom. The fraction of sp³-hybridized carbons (Fsp3) is 0. The maximum Gasteiger partial charge on any atom is 0.162 e. The lowest BCUT2D eigenvalue weighted by molar-refractivity contribution is 0.484. The molecule has 0 aliphatic rings. The molecule has 0 aliphatic heterocycles. The third-order valence-electron chi connectivity index (χ3n) is 5.13. The average Bonchev–Trinajstić information content (AvgIpc) is 2.81. The van der Waals surface area contributed by atoms with Gasteiger partial charge < -0.3 is 4.74 Å². The Kier molecular flexibility index (Phi) is 5.52. The van der Waals surface area contributed by atoms with Gasteiger partial charge in [-0.3, -0.25) is 0 Å². The zero-order chi connectivity index (χ0) is 22.1. The van der Waals surface area contributed by atoms with Crippen LogP contribution >= 0.6 is 23.2 Å². The molecule has 0 unspecified atom stereocenters. The van der Waals surface area contributed by atoms with Crippen molar-refractivity contribution in [3.05, 3.63) is 113 Å². The van der Waals surface area contributed by atoms with E-state index < -0.39 is 0 Å². The van der Waals surface area contributed by atoms with E-state index in [1.165, 1.54) is 6.07 Å². The smallest absolute Gasteiger partial charge is 0.162 e. The van der Waals surface area contributed by atoms with Gasteiger partial charge in [-0.05, 0) is 48.5 Å². The minimum absolute atomic E-state index is 0.361. The highest BCUT2D eigenvalue weighted by atomic mass is 35.5. The Labute approximate surface area is 194 Å². The molecule has 0 saturated heterocycles. The van der Waals surface area contributed by atoms with Crippen LogP contribution in [0.25, 0.3) is 33.3 Å². The minimum atomic E-state index is -0.361. The first-order chi connectivity index (χ1) is 15.6. The first-order valence-electron chi connectivity index (χ1n) is 9.97. The Morgan fingerprint density at radius 1 is 0.719 bits per heavy atom. The van der Waals surface area contributed by atoms with Crippen LogP contribution in [0.1, 0.15) is 0 Å². The number of fused-ring (bicyclic) bond motifs is 1. The van der Waals surface area contributed by atoms with Crippen molar-refractivity contribution < 1.29 is 9.13 Å². The van der Waals surface area contributed by atoms with Gasteiger partial charge in [0.15, 0.2) is 5.75 Å². The van der Waals surface area contributed by atoms with Crippen LogP contribution in [-0.2, 0) is 0 Å². The second-order valence-corrected chi connectivity index (χ2v) is 8.10. The molecule has 0 bridgehead atoms. The summed E-state index contributed by atoms with van der Waals surface area (Å²) in [5.74, 6) is 0.644. The van der Waals surface area contributed by atoms with E-state index in [9.17, 15) is 0 Å². The molecule has 156 valence electrons. The summed E-state index contributed by atoms with van der Waals surface area (Å²) in [5.41, 5.74) is 3.14. The number of ether oxygens (including phenoxy) is 1. The summed E-state index contributed by atoms with van der Waals surface area (Å²) >= 11 is 12.4. The largest absolute Gasteiger partial charge is 0.454 e. The van der Waals surface area contributed by atoms with E-state index in [1.807, 2.05) is 36.4 Å². The molecule has 2 nitrogen and oxygen atoms in total. The van der Waals surface area contributed by atoms with E-state index in [0.29, 0.717) is 49.3 Å². The number of nitrogens with zero attached hydrogens (tertiary/aromatic N) is 1. The molecular formula is C27H16Cl2FNO. The zero-order valence-corrected chi connectivity index (χ0v) is 18.2. The zero-order valence-electron chi connectivity index (χ0n) is 16.7. The molecule has 4 aromatic carbocycles. The number of benzene rings is 4. The van der Waals surface area contributed by atoms with Gasteiger partial charge in [-0.2, -0.15) is 0 Å². The SMILES string of the molecule is Fc1ccccc1-c1c(Oc2ccc(Cl)cc2)c(-c2ccccc2)nc2ccc(Cl)cc12. The number of pyridine rings is 1. The lowest BCUT2D eigenvalue weighted by atomic mass is 9.96. The van der Waals surface area contributed by atoms with Crippen LogP contribution in [0.2, 0.25) is 10.0 Å². The van der Waals surface area contributed by atoms with Crippen LogP contribution in [0.15, 0.2) is 97.1 Å². The van der Waals surface area contributed by atoms with Crippen molar-refractivity contribution in [2.45, 2.75) is 0 Å². The van der Waals surface area contributed by atoms with Gasteiger partial charge in [-0.15, -0.1) is 0 Å². The van der Waals surface area contributed by atoms with Crippen molar-refractivity contribution in [3.63, 3.8) is 0 Å². The Bertz CT molecular complexity index is 1420. The molecule has 32 heavy (non-hydrogen) atoms. The molecule has 5 heteroatoms. The minimum Gasteiger partial charge on any atom is -0.454 e. The molecule has 1 aromatic heterocycles. The second kappa shape index (κ2) is 8.62. The van der Waals surface area contributed by atoms with Gasteiger partial charge in [0, 0.05) is 32.1 Å². The highest BCUT2D eigenvalue weighted by Gasteiger charge is 2.22. The molecule has 5 aromatic rings. The lowest BCUT2D eigenvalue weighted by Gasteiger charge is -2.19. The maximum atomic E-state index is 15.1. The van der Waals surface area contributed by atoms with Gasteiger partial charge in [-0.25, -0.2) is 9.37 Å². The Hall–Kier alpha value is -3.40. The molecule has 0 amide bonds. The third kappa shape index (κ3) is 3.93. The first kappa shape index (κ1) is 20.5. The van der Waals surface area contributed by atoms with Crippen molar-refractivity contribution >= 4 is 34.1 Å². The normalized spacial score (nSPS) is 11.0. The topological polar surface area (TPSA) is 22.1 Å². The van der Waals surface area contributed by atoms with E-state index in [0.717, 1.165) is 5.56 Å². The maximum absolute atomic E-state index is 15.1. The monoisotopic (exact) mass is 459 g/mol. The van der Waals surface area contributed by atoms with Crippen LogP contribution in [0, 0.1) is 5.82 Å². The van der Waals surface area contributed by atoms with Crippen LogP contribution in [-0.4, -0.2) is 4.98 Å². The van der Waals surface area contributed by atoms with Crippen LogP contribution in [0.3, 0.4) is 0 Å². The number of aromatic nitrogens is 1. The van der Waals surface area contributed by atoms with Crippen molar-refractivity contribution in [1.29, 1.82) is 0 Å². The molecule has 0 radical (unpaired) electrons. The van der Waals surface area contributed by atoms with E-state index >= 15 is 4.39 Å². The lowest BCUT2D eigenvalue weighted by Crippen LogP contribution is -1.98. The third-order valence-corrected chi connectivity index (χ3v) is 5.61. The van der Waals surface area contributed by atoms with Crippen molar-refractivity contribution in [2.24, 2.45) is 0 Å². The number of hydrogen-bond donors (Lipinski definition) is 0. The Morgan fingerprint density at radius 2 is 1.41 bits per heavy atom. The summed E-state index contributed by atoms with van der Waals surface area (Å²) in [5, 5.41) is 1.83. The summed E-state index contributed by atoms with van der Waals surface area (Å²) in [6.45, 7) is 0. The summed E-state index contributed by atoms with van der Waals surface area (Å²) < 4.78 is 21.5. The molecule has 0 aliphatic carbocycles. The molecular weight excluding hydrogens is 444 g/mol. The van der Waals surface area contributed by atoms with E-state index in [1.54, 1.807) is 54.6 Å². The van der Waals surface area contributed by atoms with Crippen LogP contribution in [0.4, 0.5) is 4.39 Å². The van der Waals surface area contributed by atoms with Crippen molar-refractivity contribution in [3.8, 4) is 33.9 Å². The molecule has 0 atom stereocenters. The van der Waals surface area contributed by atoms with E-state index in [4.69, 9.17) is 32.9 Å². The predicted octanol–water partition coefficient (Wildman–Crippen LogP) is 8.81. The summed E-state index contributed by atoms with van der Waals surface area (Å²) in [6, 6.07) is 28.7. The van der Waals surface area contributed by atoms with E-state index in [2.05, 4.69) is 0 Å². The summed E-state index contributed by atoms with van der Waals surface area (Å²) in [4.78, 5) is 4.88. The average molecular weight is 460 g/mol.